The lowest BCUT2D eigenvalue weighted by Crippen LogP contribution is -2.23. The van der Waals surface area contributed by atoms with Crippen LogP contribution in [-0.2, 0) is 7.05 Å². The minimum absolute atomic E-state index is 0.148. The summed E-state index contributed by atoms with van der Waals surface area (Å²) in [5, 5.41) is 17.2. The van der Waals surface area contributed by atoms with Crippen molar-refractivity contribution in [3.05, 3.63) is 22.1 Å². The summed E-state index contributed by atoms with van der Waals surface area (Å²) in [4.78, 5) is 12.3. The third-order valence-electron chi connectivity index (χ3n) is 3.31. The second-order valence-electron chi connectivity index (χ2n) is 5.43. The molecule has 0 spiro atoms. The van der Waals surface area contributed by atoms with Crippen LogP contribution in [0.4, 0.5) is 5.13 Å². The summed E-state index contributed by atoms with van der Waals surface area (Å²) < 4.78 is 1.37. The molecule has 0 aliphatic rings. The molecule has 1 unspecified atom stereocenters. The lowest BCUT2D eigenvalue weighted by Gasteiger charge is -2.08. The van der Waals surface area contributed by atoms with E-state index in [-0.39, 0.29) is 11.5 Å². The Hall–Kier alpha value is -1.76. The van der Waals surface area contributed by atoms with Gasteiger partial charge in [0.25, 0.3) is 5.56 Å². The van der Waals surface area contributed by atoms with Crippen LogP contribution in [-0.4, -0.2) is 26.0 Å². The van der Waals surface area contributed by atoms with E-state index in [0.29, 0.717) is 16.6 Å². The van der Waals surface area contributed by atoms with Crippen molar-refractivity contribution >= 4 is 16.5 Å². The van der Waals surface area contributed by atoms with Crippen LogP contribution in [0.2, 0.25) is 0 Å². The first-order chi connectivity index (χ1) is 9.92. The highest BCUT2D eigenvalue weighted by atomic mass is 32.1. The maximum absolute atomic E-state index is 12.3. The summed E-state index contributed by atoms with van der Waals surface area (Å²) in [7, 11) is 1.66. The first-order valence-corrected chi connectivity index (χ1v) is 7.92. The molecule has 0 amide bonds. The van der Waals surface area contributed by atoms with E-state index in [2.05, 4.69) is 34.5 Å². The normalized spacial score (nSPS) is 12.7. The molecule has 0 aliphatic carbocycles. The monoisotopic (exact) mass is 307 g/mol. The molecular formula is C14H21N5OS. The van der Waals surface area contributed by atoms with E-state index in [4.69, 9.17) is 0 Å². The van der Waals surface area contributed by atoms with E-state index in [9.17, 15) is 4.79 Å². The van der Waals surface area contributed by atoms with Gasteiger partial charge in [0.2, 0.25) is 5.13 Å². The van der Waals surface area contributed by atoms with Crippen molar-refractivity contribution in [2.24, 2.45) is 7.05 Å². The third kappa shape index (κ3) is 3.47. The van der Waals surface area contributed by atoms with Crippen LogP contribution in [0.25, 0.3) is 10.6 Å². The van der Waals surface area contributed by atoms with Crippen LogP contribution in [0.1, 0.15) is 45.7 Å². The molecule has 0 saturated carbocycles. The highest BCUT2D eigenvalue weighted by Gasteiger charge is 2.15. The Bertz CT molecular complexity index is 676. The molecule has 2 aromatic heterocycles. The van der Waals surface area contributed by atoms with E-state index < -0.39 is 0 Å². The Balaban J connectivity index is 2.40. The SMILES string of the molecule is CCC(C)Nc1nnc(-c2cc(C(C)C)nn(C)c2=O)s1. The predicted molar refractivity (Wildman–Crippen MR) is 85.8 cm³/mol. The maximum Gasteiger partial charge on any atom is 0.276 e. The Morgan fingerprint density at radius 1 is 1.33 bits per heavy atom. The smallest absolute Gasteiger partial charge is 0.276 e. The number of hydrogen-bond acceptors (Lipinski definition) is 6. The van der Waals surface area contributed by atoms with Crippen molar-refractivity contribution in [3.63, 3.8) is 0 Å². The average molecular weight is 307 g/mol. The highest BCUT2D eigenvalue weighted by Crippen LogP contribution is 2.26. The minimum Gasteiger partial charge on any atom is -0.358 e. The molecule has 0 saturated heterocycles. The molecule has 0 bridgehead atoms. The molecule has 1 atom stereocenters. The van der Waals surface area contributed by atoms with Gasteiger partial charge >= 0.3 is 0 Å². The largest absolute Gasteiger partial charge is 0.358 e. The fourth-order valence-electron chi connectivity index (χ4n) is 1.77. The molecule has 0 aliphatic heterocycles. The molecule has 2 aromatic rings. The zero-order valence-corrected chi connectivity index (χ0v) is 13.9. The summed E-state index contributed by atoms with van der Waals surface area (Å²) in [5.41, 5.74) is 1.29. The van der Waals surface area contributed by atoms with Gasteiger partial charge in [0, 0.05) is 13.1 Å². The quantitative estimate of drug-likeness (QED) is 0.919. The zero-order chi connectivity index (χ0) is 15.6. The van der Waals surface area contributed by atoms with E-state index in [1.54, 1.807) is 7.05 Å². The van der Waals surface area contributed by atoms with E-state index in [1.165, 1.54) is 16.0 Å². The van der Waals surface area contributed by atoms with E-state index in [1.807, 2.05) is 19.9 Å². The van der Waals surface area contributed by atoms with Crippen molar-refractivity contribution in [1.29, 1.82) is 0 Å². The van der Waals surface area contributed by atoms with Crippen molar-refractivity contribution in [1.82, 2.24) is 20.0 Å². The number of aromatic nitrogens is 4. The van der Waals surface area contributed by atoms with Gasteiger partial charge in [-0.1, -0.05) is 32.1 Å². The van der Waals surface area contributed by atoms with Gasteiger partial charge in [-0.2, -0.15) is 5.10 Å². The highest BCUT2D eigenvalue weighted by molar-refractivity contribution is 7.18. The van der Waals surface area contributed by atoms with Crippen LogP contribution in [0.3, 0.4) is 0 Å². The van der Waals surface area contributed by atoms with Crippen LogP contribution in [0, 0.1) is 0 Å². The van der Waals surface area contributed by atoms with Gasteiger partial charge in [0.1, 0.15) is 0 Å². The van der Waals surface area contributed by atoms with E-state index in [0.717, 1.165) is 17.2 Å². The van der Waals surface area contributed by atoms with Crippen molar-refractivity contribution in [2.45, 2.75) is 46.1 Å². The van der Waals surface area contributed by atoms with Crippen LogP contribution in [0.15, 0.2) is 10.9 Å². The van der Waals surface area contributed by atoms with Gasteiger partial charge in [-0.3, -0.25) is 4.79 Å². The van der Waals surface area contributed by atoms with Gasteiger partial charge < -0.3 is 5.32 Å². The summed E-state index contributed by atoms with van der Waals surface area (Å²) in [6.07, 6.45) is 1.00. The zero-order valence-electron chi connectivity index (χ0n) is 13.0. The average Bonchev–Trinajstić information content (AvgIpc) is 2.89. The molecule has 6 nitrogen and oxygen atoms in total. The molecule has 1 N–H and O–H groups in total. The van der Waals surface area contributed by atoms with Gasteiger partial charge in [-0.15, -0.1) is 10.2 Å². The summed E-state index contributed by atoms with van der Waals surface area (Å²) in [6.45, 7) is 8.29. The van der Waals surface area contributed by atoms with Crippen molar-refractivity contribution in [2.75, 3.05) is 5.32 Å². The molecule has 0 radical (unpaired) electrons. The fourth-order valence-corrected chi connectivity index (χ4v) is 2.63. The summed E-state index contributed by atoms with van der Waals surface area (Å²) >= 11 is 1.40. The number of anilines is 1. The number of nitrogens with zero attached hydrogens (tertiary/aromatic N) is 4. The molecule has 0 fully saturated rings. The van der Waals surface area contributed by atoms with Gasteiger partial charge in [0.15, 0.2) is 5.01 Å². The molecule has 21 heavy (non-hydrogen) atoms. The number of hydrogen-bond donors (Lipinski definition) is 1. The lowest BCUT2D eigenvalue weighted by atomic mass is 10.1. The maximum atomic E-state index is 12.3. The number of aryl methyl sites for hydroxylation is 1. The molecule has 7 heteroatoms. The van der Waals surface area contributed by atoms with Crippen LogP contribution < -0.4 is 10.9 Å². The Labute approximate surface area is 128 Å². The first-order valence-electron chi connectivity index (χ1n) is 7.11. The van der Waals surface area contributed by atoms with Crippen LogP contribution >= 0.6 is 11.3 Å². The Morgan fingerprint density at radius 3 is 2.67 bits per heavy atom. The predicted octanol–water partition coefficient (Wildman–Crippen LogP) is 2.63. The standard InChI is InChI=1S/C14H21N5OS/c1-6-9(4)15-14-17-16-12(21-14)10-7-11(8(2)3)18-19(5)13(10)20/h7-9H,6H2,1-5H3,(H,15,17). The number of nitrogens with one attached hydrogen (secondary N) is 1. The molecule has 114 valence electrons. The lowest BCUT2D eigenvalue weighted by molar-refractivity contribution is 0.655. The Morgan fingerprint density at radius 2 is 2.05 bits per heavy atom. The van der Waals surface area contributed by atoms with E-state index >= 15 is 0 Å². The molecule has 0 aromatic carbocycles. The number of rotatable bonds is 5. The summed E-state index contributed by atoms with van der Waals surface area (Å²) in [6, 6.07) is 2.15. The first kappa shape index (κ1) is 15.6. The van der Waals surface area contributed by atoms with Gasteiger partial charge in [-0.25, -0.2) is 4.68 Å². The summed E-state index contributed by atoms with van der Waals surface area (Å²) in [5.74, 6) is 0.251. The minimum atomic E-state index is -0.148. The fraction of sp³-hybridized carbons (Fsp3) is 0.571. The van der Waals surface area contributed by atoms with Crippen molar-refractivity contribution in [3.8, 4) is 10.6 Å². The van der Waals surface area contributed by atoms with Gasteiger partial charge in [-0.05, 0) is 25.3 Å². The second kappa shape index (κ2) is 6.34. The van der Waals surface area contributed by atoms with Crippen molar-refractivity contribution < 1.29 is 0 Å². The third-order valence-corrected chi connectivity index (χ3v) is 4.20. The topological polar surface area (TPSA) is 72.7 Å². The second-order valence-corrected chi connectivity index (χ2v) is 6.41. The van der Waals surface area contributed by atoms with Gasteiger partial charge in [0.05, 0.1) is 11.3 Å². The Kier molecular flexibility index (Phi) is 4.72. The molecular weight excluding hydrogens is 286 g/mol. The molecule has 2 heterocycles. The molecule has 2 rings (SSSR count). The van der Waals surface area contributed by atoms with Crippen LogP contribution in [0.5, 0.6) is 0 Å².